The first-order valence-electron chi connectivity index (χ1n) is 11.0. The number of hydrogen-bond acceptors (Lipinski definition) is 5. The van der Waals surface area contributed by atoms with Crippen LogP contribution >= 0.6 is 0 Å². The fourth-order valence-corrected chi connectivity index (χ4v) is 5.39. The quantitative estimate of drug-likeness (QED) is 0.505. The summed E-state index contributed by atoms with van der Waals surface area (Å²) in [5, 5.41) is 6.72. The van der Waals surface area contributed by atoms with Crippen molar-refractivity contribution < 1.29 is 13.2 Å². The Bertz CT molecular complexity index is 829. The number of ether oxygens (including phenoxy) is 1. The normalized spacial score (nSPS) is 20.8. The maximum absolute atomic E-state index is 12.5. The number of benzene rings is 1. The van der Waals surface area contributed by atoms with Gasteiger partial charge in [-0.05, 0) is 57.2 Å². The minimum absolute atomic E-state index is 0.0502. The van der Waals surface area contributed by atoms with Gasteiger partial charge in [-0.3, -0.25) is 4.99 Å². The molecule has 0 aliphatic carbocycles. The van der Waals surface area contributed by atoms with Gasteiger partial charge >= 0.3 is 0 Å². The summed E-state index contributed by atoms with van der Waals surface area (Å²) in [6.07, 6.45) is 4.80. The molecule has 0 bridgehead atoms. The zero-order chi connectivity index (χ0) is 21.6. The highest BCUT2D eigenvalue weighted by Crippen LogP contribution is 2.30. The standard InChI is InChI=1S/C22H36N4O3S/c1-4-23-21(24-17-22(30(3,27)28)10-14-29-15-11-22)25-18(2)19-8-7-9-20(16-19)26-12-5-6-13-26/h7-9,16,18H,4-6,10-15,17H2,1-3H3,(H2,23,24,25). The van der Waals surface area contributed by atoms with Crippen molar-refractivity contribution in [2.75, 3.05) is 50.5 Å². The lowest BCUT2D eigenvalue weighted by Gasteiger charge is -2.34. The summed E-state index contributed by atoms with van der Waals surface area (Å²) in [7, 11) is -3.24. The molecule has 2 saturated heterocycles. The molecule has 30 heavy (non-hydrogen) atoms. The maximum atomic E-state index is 12.5. The van der Waals surface area contributed by atoms with Gasteiger partial charge in [0.2, 0.25) is 0 Å². The van der Waals surface area contributed by atoms with Gasteiger partial charge < -0.3 is 20.3 Å². The van der Waals surface area contributed by atoms with Crippen LogP contribution in [0.4, 0.5) is 5.69 Å². The van der Waals surface area contributed by atoms with Crippen LogP contribution < -0.4 is 15.5 Å². The van der Waals surface area contributed by atoms with Crippen molar-refractivity contribution in [2.45, 2.75) is 50.3 Å². The molecule has 0 saturated carbocycles. The molecular formula is C22H36N4O3S. The Balaban J connectivity index is 1.73. The summed E-state index contributed by atoms with van der Waals surface area (Å²) in [5.74, 6) is 0.645. The van der Waals surface area contributed by atoms with E-state index < -0.39 is 14.6 Å². The molecule has 0 aromatic heterocycles. The zero-order valence-corrected chi connectivity index (χ0v) is 19.3. The van der Waals surface area contributed by atoms with E-state index in [1.165, 1.54) is 30.3 Å². The van der Waals surface area contributed by atoms with Crippen molar-refractivity contribution >= 4 is 21.5 Å². The van der Waals surface area contributed by atoms with E-state index in [4.69, 9.17) is 9.73 Å². The fraction of sp³-hybridized carbons (Fsp3) is 0.682. The predicted octanol–water partition coefficient (Wildman–Crippen LogP) is 2.50. The lowest BCUT2D eigenvalue weighted by molar-refractivity contribution is 0.0768. The number of sulfone groups is 1. The van der Waals surface area contributed by atoms with Gasteiger partial charge in [0, 0.05) is 44.8 Å². The minimum atomic E-state index is -3.24. The number of nitrogens with zero attached hydrogens (tertiary/aromatic N) is 2. The molecule has 2 aliphatic rings. The van der Waals surface area contributed by atoms with Crippen molar-refractivity contribution in [1.29, 1.82) is 0 Å². The lowest BCUT2D eigenvalue weighted by atomic mass is 9.99. The van der Waals surface area contributed by atoms with Crippen LogP contribution in [0.15, 0.2) is 29.3 Å². The molecule has 2 aliphatic heterocycles. The number of guanidine groups is 1. The maximum Gasteiger partial charge on any atom is 0.191 e. The number of nitrogens with one attached hydrogen (secondary N) is 2. The van der Waals surface area contributed by atoms with Crippen LogP contribution in [-0.2, 0) is 14.6 Å². The molecule has 3 rings (SSSR count). The molecule has 2 N–H and O–H groups in total. The summed E-state index contributed by atoms with van der Waals surface area (Å²) < 4.78 is 29.6. The zero-order valence-electron chi connectivity index (χ0n) is 18.5. The predicted molar refractivity (Wildman–Crippen MR) is 123 cm³/mol. The topological polar surface area (TPSA) is 83.0 Å². The highest BCUT2D eigenvalue weighted by molar-refractivity contribution is 7.92. The Morgan fingerprint density at radius 3 is 2.60 bits per heavy atom. The first-order chi connectivity index (χ1) is 14.3. The number of hydrogen-bond donors (Lipinski definition) is 2. The minimum Gasteiger partial charge on any atom is -0.381 e. The molecule has 0 spiro atoms. The van der Waals surface area contributed by atoms with E-state index in [0.29, 0.717) is 38.6 Å². The fourth-order valence-electron chi connectivity index (χ4n) is 4.19. The number of anilines is 1. The van der Waals surface area contributed by atoms with Gasteiger partial charge in [0.25, 0.3) is 0 Å². The van der Waals surface area contributed by atoms with Crippen LogP contribution in [0.5, 0.6) is 0 Å². The van der Waals surface area contributed by atoms with Crippen LogP contribution in [0.2, 0.25) is 0 Å². The van der Waals surface area contributed by atoms with E-state index in [1.54, 1.807) is 0 Å². The van der Waals surface area contributed by atoms with E-state index in [1.807, 2.05) is 6.92 Å². The van der Waals surface area contributed by atoms with Gasteiger partial charge in [0.05, 0.1) is 17.3 Å². The summed E-state index contributed by atoms with van der Waals surface area (Å²) >= 11 is 0. The molecule has 7 nitrogen and oxygen atoms in total. The van der Waals surface area contributed by atoms with Crippen LogP contribution in [0.25, 0.3) is 0 Å². The molecule has 1 atom stereocenters. The Kier molecular flexibility index (Phi) is 7.63. The van der Waals surface area contributed by atoms with E-state index >= 15 is 0 Å². The lowest BCUT2D eigenvalue weighted by Crippen LogP contribution is -2.47. The van der Waals surface area contributed by atoms with Crippen molar-refractivity contribution in [2.24, 2.45) is 4.99 Å². The highest BCUT2D eigenvalue weighted by atomic mass is 32.2. The van der Waals surface area contributed by atoms with Gasteiger partial charge in [-0.15, -0.1) is 0 Å². The van der Waals surface area contributed by atoms with Crippen LogP contribution in [0, 0.1) is 0 Å². The molecule has 0 radical (unpaired) electrons. The monoisotopic (exact) mass is 436 g/mol. The molecule has 1 aromatic carbocycles. The van der Waals surface area contributed by atoms with E-state index in [-0.39, 0.29) is 12.6 Å². The van der Waals surface area contributed by atoms with Crippen molar-refractivity contribution in [3.63, 3.8) is 0 Å². The van der Waals surface area contributed by atoms with Gasteiger partial charge in [0.15, 0.2) is 15.8 Å². The number of aliphatic imine (C=N–C) groups is 1. The average Bonchev–Trinajstić information content (AvgIpc) is 3.27. The van der Waals surface area contributed by atoms with E-state index in [9.17, 15) is 8.42 Å². The van der Waals surface area contributed by atoms with Gasteiger partial charge in [-0.25, -0.2) is 8.42 Å². The first kappa shape index (κ1) is 22.9. The summed E-state index contributed by atoms with van der Waals surface area (Å²) in [6.45, 7) is 8.23. The summed E-state index contributed by atoms with van der Waals surface area (Å²) in [4.78, 5) is 7.12. The first-order valence-corrected chi connectivity index (χ1v) is 12.9. The molecule has 1 unspecified atom stereocenters. The molecular weight excluding hydrogens is 400 g/mol. The molecule has 2 heterocycles. The molecule has 8 heteroatoms. The van der Waals surface area contributed by atoms with Crippen LogP contribution in [0.1, 0.15) is 51.1 Å². The summed E-state index contributed by atoms with van der Waals surface area (Å²) in [6, 6.07) is 8.68. The van der Waals surface area contributed by atoms with Gasteiger partial charge in [0.1, 0.15) is 0 Å². The van der Waals surface area contributed by atoms with Gasteiger partial charge in [-0.1, -0.05) is 12.1 Å². The van der Waals surface area contributed by atoms with Crippen LogP contribution in [-0.4, -0.2) is 64.8 Å². The van der Waals surface area contributed by atoms with E-state index in [0.717, 1.165) is 13.1 Å². The number of rotatable bonds is 7. The van der Waals surface area contributed by atoms with Crippen molar-refractivity contribution in [1.82, 2.24) is 10.6 Å². The highest BCUT2D eigenvalue weighted by Gasteiger charge is 2.42. The smallest absolute Gasteiger partial charge is 0.191 e. The average molecular weight is 437 g/mol. The van der Waals surface area contributed by atoms with Gasteiger partial charge in [-0.2, -0.15) is 0 Å². The second kappa shape index (κ2) is 10.0. The SMILES string of the molecule is CCNC(=NCC1(S(C)(=O)=O)CCOCC1)NC(C)c1cccc(N2CCCC2)c1. The Labute approximate surface area is 181 Å². The van der Waals surface area contributed by atoms with E-state index in [2.05, 4.69) is 46.7 Å². The summed E-state index contributed by atoms with van der Waals surface area (Å²) in [5.41, 5.74) is 2.45. The molecule has 168 valence electrons. The molecule has 1 aromatic rings. The third kappa shape index (κ3) is 5.46. The van der Waals surface area contributed by atoms with Crippen molar-refractivity contribution in [3.05, 3.63) is 29.8 Å². The third-order valence-corrected chi connectivity index (χ3v) is 8.37. The second-order valence-corrected chi connectivity index (χ2v) is 10.8. The Hall–Kier alpha value is -1.80. The van der Waals surface area contributed by atoms with Crippen LogP contribution in [0.3, 0.4) is 0 Å². The second-order valence-electron chi connectivity index (χ2n) is 8.42. The largest absolute Gasteiger partial charge is 0.381 e. The Morgan fingerprint density at radius 2 is 1.97 bits per heavy atom. The van der Waals surface area contributed by atoms with Crippen molar-refractivity contribution in [3.8, 4) is 0 Å². The molecule has 0 amide bonds. The Morgan fingerprint density at radius 1 is 1.27 bits per heavy atom. The molecule has 2 fully saturated rings. The third-order valence-electron chi connectivity index (χ3n) is 6.25.